The van der Waals surface area contributed by atoms with Crippen LogP contribution in [0.25, 0.3) is 0 Å². The Labute approximate surface area is 244 Å². The maximum Gasteiger partial charge on any atom is 0.247 e. The minimum atomic E-state index is -3.55. The highest BCUT2D eigenvalue weighted by Gasteiger charge is 2.31. The molecule has 0 saturated heterocycles. The summed E-state index contributed by atoms with van der Waals surface area (Å²) in [5.74, 6) is 0.730. The van der Waals surface area contributed by atoms with Gasteiger partial charge in [-0.05, 0) is 59.7 Å². The van der Waals surface area contributed by atoms with Crippen molar-refractivity contribution in [2.75, 3.05) is 20.2 Å². The molecule has 0 aliphatic carbocycles. The minimum Gasteiger partial charge on any atom is -0.497 e. The molecule has 9 heteroatoms. The number of hydrogen-bond acceptors (Lipinski definition) is 5. The van der Waals surface area contributed by atoms with Crippen molar-refractivity contribution < 1.29 is 22.7 Å². The number of amides is 2. The molecule has 0 saturated carbocycles. The number of sulfonamides is 1. The molecule has 2 N–H and O–H groups in total. The van der Waals surface area contributed by atoms with Gasteiger partial charge in [-0.15, -0.1) is 0 Å². The Morgan fingerprint density at radius 2 is 1.54 bits per heavy atom. The van der Waals surface area contributed by atoms with E-state index in [4.69, 9.17) is 4.74 Å². The second-order valence-electron chi connectivity index (χ2n) is 10.3. The van der Waals surface area contributed by atoms with Crippen molar-refractivity contribution in [1.29, 1.82) is 0 Å². The van der Waals surface area contributed by atoms with E-state index in [1.807, 2.05) is 54.6 Å². The molecule has 3 aromatic carbocycles. The molecule has 0 aliphatic rings. The minimum absolute atomic E-state index is 0.151. The van der Waals surface area contributed by atoms with Crippen molar-refractivity contribution >= 4 is 21.8 Å². The number of methoxy groups -OCH3 is 1. The SMILES string of the molecule is CCNS(=O)(=O)c1ccc(CCC(=O)N(Cc2ccc(OC)cc2)[C@@H](C(=O)NCCC(C)C)c2ccccc2)cc1. The van der Waals surface area contributed by atoms with Crippen molar-refractivity contribution in [2.24, 2.45) is 5.92 Å². The Morgan fingerprint density at radius 1 is 0.902 bits per heavy atom. The van der Waals surface area contributed by atoms with Crippen molar-refractivity contribution in [3.05, 3.63) is 95.6 Å². The molecule has 41 heavy (non-hydrogen) atoms. The lowest BCUT2D eigenvalue weighted by Crippen LogP contribution is -2.43. The van der Waals surface area contributed by atoms with Crippen LogP contribution in [0.4, 0.5) is 0 Å². The molecule has 0 spiro atoms. The molecule has 8 nitrogen and oxygen atoms in total. The monoisotopic (exact) mass is 579 g/mol. The van der Waals surface area contributed by atoms with Crippen LogP contribution >= 0.6 is 0 Å². The zero-order valence-electron chi connectivity index (χ0n) is 24.3. The topological polar surface area (TPSA) is 105 Å². The number of benzene rings is 3. The lowest BCUT2D eigenvalue weighted by atomic mass is 10.0. The third-order valence-electron chi connectivity index (χ3n) is 6.72. The summed E-state index contributed by atoms with van der Waals surface area (Å²) in [6, 6.07) is 22.5. The largest absolute Gasteiger partial charge is 0.497 e. The van der Waals surface area contributed by atoms with Gasteiger partial charge in [-0.2, -0.15) is 0 Å². The van der Waals surface area contributed by atoms with Crippen molar-refractivity contribution in [3.63, 3.8) is 0 Å². The number of ether oxygens (including phenoxy) is 1. The van der Waals surface area contributed by atoms with E-state index in [1.54, 1.807) is 43.2 Å². The van der Waals surface area contributed by atoms with Gasteiger partial charge in [-0.3, -0.25) is 9.59 Å². The predicted octanol–water partition coefficient (Wildman–Crippen LogP) is 4.86. The van der Waals surface area contributed by atoms with E-state index in [1.165, 1.54) is 0 Å². The highest BCUT2D eigenvalue weighted by molar-refractivity contribution is 7.89. The molecule has 220 valence electrons. The fourth-order valence-electron chi connectivity index (χ4n) is 4.44. The van der Waals surface area contributed by atoms with Crippen molar-refractivity contribution in [1.82, 2.24) is 14.9 Å². The van der Waals surface area contributed by atoms with Gasteiger partial charge >= 0.3 is 0 Å². The van der Waals surface area contributed by atoms with Crippen LogP contribution in [0.2, 0.25) is 0 Å². The lowest BCUT2D eigenvalue weighted by Gasteiger charge is -2.32. The van der Waals surface area contributed by atoms with E-state index in [2.05, 4.69) is 23.9 Å². The number of nitrogens with one attached hydrogen (secondary N) is 2. The van der Waals surface area contributed by atoms with E-state index >= 15 is 0 Å². The molecule has 0 aromatic heterocycles. The van der Waals surface area contributed by atoms with Gasteiger partial charge in [-0.25, -0.2) is 13.1 Å². The van der Waals surface area contributed by atoms with Crippen LogP contribution in [0.3, 0.4) is 0 Å². The number of carbonyl (C=O) groups excluding carboxylic acids is 2. The maximum atomic E-state index is 13.9. The summed E-state index contributed by atoms with van der Waals surface area (Å²) in [6.07, 6.45) is 1.38. The van der Waals surface area contributed by atoms with Crippen LogP contribution in [-0.2, 0) is 32.6 Å². The van der Waals surface area contributed by atoms with Crippen LogP contribution in [-0.4, -0.2) is 45.3 Å². The molecular weight excluding hydrogens is 538 g/mol. The van der Waals surface area contributed by atoms with Crippen LogP contribution < -0.4 is 14.8 Å². The van der Waals surface area contributed by atoms with E-state index in [0.29, 0.717) is 31.2 Å². The van der Waals surface area contributed by atoms with E-state index < -0.39 is 16.1 Å². The zero-order chi connectivity index (χ0) is 29.8. The first-order chi connectivity index (χ1) is 19.6. The molecular formula is C32H41N3O5S. The average Bonchev–Trinajstić information content (AvgIpc) is 2.96. The Kier molecular flexibility index (Phi) is 11.9. The van der Waals surface area contributed by atoms with E-state index in [0.717, 1.165) is 23.1 Å². The summed E-state index contributed by atoms with van der Waals surface area (Å²) in [4.78, 5) is 29.3. The van der Waals surface area contributed by atoms with Crippen LogP contribution in [0.15, 0.2) is 83.8 Å². The number of aryl methyl sites for hydroxylation is 1. The normalized spacial score (nSPS) is 12.1. The van der Waals surface area contributed by atoms with Gasteiger partial charge in [0.15, 0.2) is 0 Å². The molecule has 0 bridgehead atoms. The number of carbonyl (C=O) groups is 2. The first-order valence-corrected chi connectivity index (χ1v) is 15.5. The number of nitrogens with zero attached hydrogens (tertiary/aromatic N) is 1. The van der Waals surface area contributed by atoms with Crippen LogP contribution in [0.5, 0.6) is 5.75 Å². The second-order valence-corrected chi connectivity index (χ2v) is 12.1. The van der Waals surface area contributed by atoms with Crippen LogP contribution in [0.1, 0.15) is 56.3 Å². The summed E-state index contributed by atoms with van der Waals surface area (Å²) < 4.78 is 32.3. The van der Waals surface area contributed by atoms with Gasteiger partial charge < -0.3 is 15.0 Å². The Bertz CT molecular complexity index is 1360. The van der Waals surface area contributed by atoms with Gasteiger partial charge in [0, 0.05) is 26.1 Å². The zero-order valence-corrected chi connectivity index (χ0v) is 25.1. The Morgan fingerprint density at radius 3 is 2.12 bits per heavy atom. The van der Waals surface area contributed by atoms with Crippen molar-refractivity contribution in [2.45, 2.75) is 57.5 Å². The smallest absolute Gasteiger partial charge is 0.247 e. The third kappa shape index (κ3) is 9.43. The second kappa shape index (κ2) is 15.3. The summed E-state index contributed by atoms with van der Waals surface area (Å²) in [5.41, 5.74) is 2.43. The Hall–Kier alpha value is -3.69. The first-order valence-electron chi connectivity index (χ1n) is 14.0. The molecule has 0 radical (unpaired) electrons. The predicted molar refractivity (Wildman–Crippen MR) is 161 cm³/mol. The molecule has 0 unspecified atom stereocenters. The molecule has 3 aromatic rings. The summed E-state index contributed by atoms with van der Waals surface area (Å²) >= 11 is 0. The standard InChI is InChI=1S/C32H41N3O5S/c1-5-34-41(38,39)29-18-13-25(14-19-29)15-20-30(36)35(23-26-11-16-28(40-4)17-12-26)31(27-9-7-6-8-10-27)32(37)33-22-21-24(2)3/h6-14,16-19,24,31,34H,5,15,20-23H2,1-4H3,(H,33,37)/t31-/m1/s1. The molecule has 0 aliphatic heterocycles. The van der Waals surface area contributed by atoms with Crippen LogP contribution in [0, 0.1) is 5.92 Å². The van der Waals surface area contributed by atoms with Gasteiger partial charge in [0.25, 0.3) is 0 Å². The van der Waals surface area contributed by atoms with Gasteiger partial charge in [0.05, 0.1) is 12.0 Å². The van der Waals surface area contributed by atoms with E-state index in [-0.39, 0.29) is 29.7 Å². The summed E-state index contributed by atoms with van der Waals surface area (Å²) in [7, 11) is -1.96. The van der Waals surface area contributed by atoms with Gasteiger partial charge in [0.1, 0.15) is 11.8 Å². The number of hydrogen-bond donors (Lipinski definition) is 2. The summed E-state index contributed by atoms with van der Waals surface area (Å²) in [5, 5.41) is 3.04. The first kappa shape index (κ1) is 31.8. The molecule has 1 atom stereocenters. The molecule has 3 rings (SSSR count). The van der Waals surface area contributed by atoms with Gasteiger partial charge in [0.2, 0.25) is 21.8 Å². The maximum absolute atomic E-state index is 13.9. The average molecular weight is 580 g/mol. The Balaban J connectivity index is 1.88. The molecule has 2 amide bonds. The van der Waals surface area contributed by atoms with E-state index in [9.17, 15) is 18.0 Å². The number of rotatable bonds is 15. The lowest BCUT2D eigenvalue weighted by molar-refractivity contribution is -0.141. The van der Waals surface area contributed by atoms with Gasteiger partial charge in [-0.1, -0.05) is 75.4 Å². The molecule has 0 fully saturated rings. The highest BCUT2D eigenvalue weighted by atomic mass is 32.2. The quantitative estimate of drug-likeness (QED) is 0.268. The fourth-order valence-corrected chi connectivity index (χ4v) is 5.48. The summed E-state index contributed by atoms with van der Waals surface area (Å²) in [6.45, 7) is 6.98. The van der Waals surface area contributed by atoms with Crippen molar-refractivity contribution in [3.8, 4) is 5.75 Å². The fraction of sp³-hybridized carbons (Fsp3) is 0.375. The molecule has 0 heterocycles. The third-order valence-corrected chi connectivity index (χ3v) is 8.29. The highest BCUT2D eigenvalue weighted by Crippen LogP contribution is 2.26.